The first kappa shape index (κ1) is 25.2. The smallest absolute Gasteiger partial charge is 0.328 e. The summed E-state index contributed by atoms with van der Waals surface area (Å²) in [7, 11) is 5.27. The Morgan fingerprint density at radius 2 is 1.95 bits per heavy atom. The molecule has 6 heterocycles. The fourth-order valence-electron chi connectivity index (χ4n) is 4.67. The first-order chi connectivity index (χ1) is 19.2. The van der Waals surface area contributed by atoms with Crippen LogP contribution in [0.5, 0.6) is 0 Å². The summed E-state index contributed by atoms with van der Waals surface area (Å²) in [5.74, 6) is 0.826. The number of carbonyl (C=O) groups excluding carboxylic acids is 1. The van der Waals surface area contributed by atoms with E-state index < -0.39 is 18.2 Å². The first-order valence-corrected chi connectivity index (χ1v) is 12.6. The predicted octanol–water partition coefficient (Wildman–Crippen LogP) is 1.76. The number of hydrogen-bond acceptors (Lipinski definition) is 10. The van der Waals surface area contributed by atoms with Gasteiger partial charge >= 0.3 is 6.03 Å². The molecule has 3 N–H and O–H groups in total. The number of ether oxygens (including phenoxy) is 1. The van der Waals surface area contributed by atoms with Crippen LogP contribution in [0, 0.1) is 6.92 Å². The van der Waals surface area contributed by atoms with Crippen LogP contribution in [0.1, 0.15) is 30.0 Å². The van der Waals surface area contributed by atoms with Crippen LogP contribution in [-0.2, 0) is 25.4 Å². The van der Waals surface area contributed by atoms with Crippen molar-refractivity contribution in [3.8, 4) is 5.82 Å². The fraction of sp³-hybridized carbons (Fsp3) is 0.320. The standard InChI is InChI=1S/C25H28N12O3/c1-13-6-20(33-34(13)4)36-10-15-7-17(24(36)38)30-19-8-16(26-3)21-23(31-19)37(12-27-21)25(39)29-14(2)22(40-11-15)18-9-28-35(5)32-18/h6-10,12,14,22H,11H2,1-5H3,(H,29,39)(H2,26,30,31)/t14-,22+/m1/s1. The molecule has 1 aliphatic heterocycles. The highest BCUT2D eigenvalue weighted by atomic mass is 16.5. The lowest BCUT2D eigenvalue weighted by Crippen LogP contribution is -2.40. The molecule has 15 nitrogen and oxygen atoms in total. The zero-order valence-corrected chi connectivity index (χ0v) is 22.6. The van der Waals surface area contributed by atoms with Crippen molar-refractivity contribution < 1.29 is 9.53 Å². The third kappa shape index (κ3) is 4.35. The zero-order valence-electron chi connectivity index (χ0n) is 22.6. The molecule has 0 radical (unpaired) electrons. The van der Waals surface area contributed by atoms with Gasteiger partial charge < -0.3 is 20.7 Å². The van der Waals surface area contributed by atoms with Crippen LogP contribution in [0.25, 0.3) is 17.0 Å². The quantitative estimate of drug-likeness (QED) is 0.305. The molecule has 1 aliphatic rings. The van der Waals surface area contributed by atoms with Crippen molar-refractivity contribution in [1.29, 1.82) is 0 Å². The summed E-state index contributed by atoms with van der Waals surface area (Å²) in [6.45, 7) is 3.84. The van der Waals surface area contributed by atoms with Crippen LogP contribution in [0.4, 0.5) is 22.0 Å². The highest BCUT2D eigenvalue weighted by Crippen LogP contribution is 2.27. The van der Waals surface area contributed by atoms with E-state index >= 15 is 0 Å². The van der Waals surface area contributed by atoms with E-state index in [0.29, 0.717) is 39.7 Å². The summed E-state index contributed by atoms with van der Waals surface area (Å²) in [6, 6.07) is 4.32. The number of imidazole rings is 1. The monoisotopic (exact) mass is 544 g/mol. The average molecular weight is 545 g/mol. The second-order valence-electron chi connectivity index (χ2n) is 9.65. The number of aromatic nitrogens is 9. The normalized spacial score (nSPS) is 17.5. The highest BCUT2D eigenvalue weighted by molar-refractivity contribution is 5.94. The predicted molar refractivity (Wildman–Crippen MR) is 146 cm³/mol. The SMILES string of the molecule is CNc1cc2nc3c1ncn3C(=O)N[C@H](C)[C@@H](c1cnn(C)n1)OCc1cc(c(=O)n(-c3cc(C)n(C)n3)c1)N2. The van der Waals surface area contributed by atoms with Gasteiger partial charge in [0.05, 0.1) is 24.5 Å². The summed E-state index contributed by atoms with van der Waals surface area (Å²) < 4.78 is 10.8. The highest BCUT2D eigenvalue weighted by Gasteiger charge is 2.27. The van der Waals surface area contributed by atoms with Gasteiger partial charge in [0.2, 0.25) is 0 Å². The van der Waals surface area contributed by atoms with Crippen LogP contribution >= 0.6 is 0 Å². The van der Waals surface area contributed by atoms with Crippen LogP contribution < -0.4 is 21.5 Å². The molecule has 15 heteroatoms. The number of amides is 1. The van der Waals surface area contributed by atoms with Crippen LogP contribution in [0.2, 0.25) is 0 Å². The fourth-order valence-corrected chi connectivity index (χ4v) is 4.67. The van der Waals surface area contributed by atoms with Crippen molar-refractivity contribution in [2.75, 3.05) is 17.7 Å². The second-order valence-corrected chi connectivity index (χ2v) is 9.65. The van der Waals surface area contributed by atoms with Gasteiger partial charge in [0.25, 0.3) is 5.56 Å². The molecular weight excluding hydrogens is 516 g/mol. The van der Waals surface area contributed by atoms with Gasteiger partial charge in [-0.25, -0.2) is 19.3 Å². The molecule has 0 spiro atoms. The number of carbonyl (C=O) groups is 1. The molecule has 1 amide bonds. The molecule has 4 bridgehead atoms. The minimum absolute atomic E-state index is 0.104. The van der Waals surface area contributed by atoms with E-state index in [-0.39, 0.29) is 17.9 Å². The minimum Gasteiger partial charge on any atom is -0.386 e. The maximum atomic E-state index is 13.7. The Hall–Kier alpha value is -5.05. The van der Waals surface area contributed by atoms with Crippen molar-refractivity contribution in [3.63, 3.8) is 0 Å². The van der Waals surface area contributed by atoms with Crippen molar-refractivity contribution >= 4 is 34.4 Å². The van der Waals surface area contributed by atoms with Gasteiger partial charge in [-0.15, -0.1) is 0 Å². The van der Waals surface area contributed by atoms with Gasteiger partial charge in [-0.2, -0.15) is 20.1 Å². The molecule has 206 valence electrons. The Morgan fingerprint density at radius 1 is 1.12 bits per heavy atom. The van der Waals surface area contributed by atoms with Crippen molar-refractivity contribution in [2.24, 2.45) is 14.1 Å². The number of fused-ring (bicyclic) bond motifs is 3. The summed E-state index contributed by atoms with van der Waals surface area (Å²) >= 11 is 0. The molecule has 6 rings (SSSR count). The average Bonchev–Trinajstić information content (AvgIpc) is 3.63. The van der Waals surface area contributed by atoms with Crippen molar-refractivity contribution in [2.45, 2.75) is 32.6 Å². The van der Waals surface area contributed by atoms with Crippen LogP contribution in [0.3, 0.4) is 0 Å². The van der Waals surface area contributed by atoms with E-state index in [1.165, 1.54) is 20.3 Å². The van der Waals surface area contributed by atoms with Gasteiger partial charge in [0, 0.05) is 45.2 Å². The van der Waals surface area contributed by atoms with E-state index in [1.54, 1.807) is 43.3 Å². The van der Waals surface area contributed by atoms with E-state index in [2.05, 4.69) is 41.2 Å². The molecule has 0 saturated heterocycles. The first-order valence-electron chi connectivity index (χ1n) is 12.6. The maximum absolute atomic E-state index is 13.7. The molecular formula is C25H28N12O3. The molecule has 5 aromatic rings. The van der Waals surface area contributed by atoms with Crippen molar-refractivity contribution in [1.82, 2.24) is 49.2 Å². The molecule has 0 saturated carbocycles. The maximum Gasteiger partial charge on any atom is 0.328 e. The van der Waals surface area contributed by atoms with Crippen LogP contribution in [-0.4, -0.2) is 63.0 Å². The van der Waals surface area contributed by atoms with Gasteiger partial charge in [-0.3, -0.25) is 14.0 Å². The van der Waals surface area contributed by atoms with Crippen molar-refractivity contribution in [3.05, 3.63) is 64.2 Å². The number of nitrogens with zero attached hydrogens (tertiary/aromatic N) is 9. The Labute approximate surface area is 227 Å². The number of nitrogens with one attached hydrogen (secondary N) is 3. The Bertz CT molecular complexity index is 1790. The summed E-state index contributed by atoms with van der Waals surface area (Å²) in [5.41, 5.74) is 3.51. The van der Waals surface area contributed by atoms with Gasteiger partial charge in [-0.05, 0) is 25.5 Å². The molecule has 0 unspecified atom stereocenters. The molecule has 0 aromatic carbocycles. The third-order valence-electron chi connectivity index (χ3n) is 6.82. The Kier molecular flexibility index (Phi) is 6.06. The van der Waals surface area contributed by atoms with Gasteiger partial charge in [0.15, 0.2) is 11.5 Å². The molecule has 5 aromatic heterocycles. The third-order valence-corrected chi connectivity index (χ3v) is 6.82. The number of aryl methyl sites for hydroxylation is 3. The second kappa shape index (κ2) is 9.60. The summed E-state index contributed by atoms with van der Waals surface area (Å²) in [6.07, 6.45) is 4.05. The number of rotatable bonds is 3. The molecule has 0 aliphatic carbocycles. The lowest BCUT2D eigenvalue weighted by molar-refractivity contribution is 0.0165. The summed E-state index contributed by atoms with van der Waals surface area (Å²) in [4.78, 5) is 37.5. The van der Waals surface area contributed by atoms with E-state index in [4.69, 9.17) is 4.74 Å². The molecule has 0 fully saturated rings. The van der Waals surface area contributed by atoms with E-state index in [1.807, 2.05) is 27.0 Å². The lowest BCUT2D eigenvalue weighted by Gasteiger charge is -2.24. The van der Waals surface area contributed by atoms with Gasteiger partial charge in [-0.1, -0.05) is 0 Å². The Morgan fingerprint density at radius 3 is 2.65 bits per heavy atom. The van der Waals surface area contributed by atoms with E-state index in [0.717, 1.165) is 5.69 Å². The lowest BCUT2D eigenvalue weighted by atomic mass is 10.1. The number of pyridine rings is 2. The zero-order chi connectivity index (χ0) is 28.1. The Balaban J connectivity index is 1.55. The molecule has 2 atom stereocenters. The largest absolute Gasteiger partial charge is 0.386 e. The van der Waals surface area contributed by atoms with Gasteiger partial charge in [0.1, 0.15) is 35.1 Å². The van der Waals surface area contributed by atoms with Crippen LogP contribution in [0.15, 0.2) is 41.7 Å². The minimum atomic E-state index is -0.652. The number of anilines is 3. The number of hydrogen-bond donors (Lipinski definition) is 3. The molecule has 40 heavy (non-hydrogen) atoms. The summed E-state index contributed by atoms with van der Waals surface area (Å²) in [5, 5.41) is 22.3. The topological polar surface area (TPSA) is 164 Å². The van der Waals surface area contributed by atoms with E-state index in [9.17, 15) is 9.59 Å².